The number of rotatable bonds is 7. The van der Waals surface area contributed by atoms with E-state index in [2.05, 4.69) is 16.4 Å². The van der Waals surface area contributed by atoms with Crippen molar-refractivity contribution in [1.82, 2.24) is 4.98 Å². The Bertz CT molecular complexity index is 824. The van der Waals surface area contributed by atoms with Gasteiger partial charge in [0.2, 0.25) is 5.91 Å². The van der Waals surface area contributed by atoms with Crippen molar-refractivity contribution in [2.75, 3.05) is 24.3 Å². The van der Waals surface area contributed by atoms with E-state index >= 15 is 0 Å². The van der Waals surface area contributed by atoms with Crippen molar-refractivity contribution in [3.05, 3.63) is 53.5 Å². The van der Waals surface area contributed by atoms with Gasteiger partial charge in [-0.15, -0.1) is 11.3 Å². The second kappa shape index (κ2) is 8.12. The Morgan fingerprint density at radius 2 is 1.84 bits per heavy atom. The highest BCUT2D eigenvalue weighted by Gasteiger charge is 2.08. The maximum atomic E-state index is 12.2. The molecule has 25 heavy (non-hydrogen) atoms. The van der Waals surface area contributed by atoms with E-state index in [9.17, 15) is 4.79 Å². The molecule has 1 amide bonds. The summed E-state index contributed by atoms with van der Waals surface area (Å²) in [7, 11) is 3.95. The van der Waals surface area contributed by atoms with Gasteiger partial charge in [-0.05, 0) is 43.5 Å². The summed E-state index contributed by atoms with van der Waals surface area (Å²) in [6.07, 6.45) is 3.31. The number of carbonyl (C=O) groups excluding carboxylic acids is 1. The number of carbonyl (C=O) groups is 1. The monoisotopic (exact) mass is 353 g/mol. The number of unbranched alkanes of at least 4 members (excludes halogenated alkanes) is 1. The number of anilines is 2. The fraction of sp³-hybridized carbons (Fsp3) is 0.300. The standard InChI is InChI=1S/C20H23N3OS/c1-23(2)17-11-5-3-9-15(17)21-19(24)13-7-8-14-20-22-16-10-4-6-12-18(16)25-20/h3-6,9-12H,7-8,13-14H2,1-2H3,(H,21,24). The van der Waals surface area contributed by atoms with E-state index in [-0.39, 0.29) is 5.91 Å². The van der Waals surface area contributed by atoms with Crippen LogP contribution in [0.1, 0.15) is 24.3 Å². The highest BCUT2D eigenvalue weighted by atomic mass is 32.1. The summed E-state index contributed by atoms with van der Waals surface area (Å²) in [5.74, 6) is 0.0681. The number of thiazole rings is 1. The summed E-state index contributed by atoms with van der Waals surface area (Å²) < 4.78 is 1.23. The van der Waals surface area contributed by atoms with Crippen molar-refractivity contribution in [1.29, 1.82) is 0 Å². The third kappa shape index (κ3) is 4.57. The zero-order chi connectivity index (χ0) is 17.6. The minimum Gasteiger partial charge on any atom is -0.376 e. The smallest absolute Gasteiger partial charge is 0.224 e. The topological polar surface area (TPSA) is 45.2 Å². The van der Waals surface area contributed by atoms with E-state index in [1.165, 1.54) is 4.70 Å². The summed E-state index contributed by atoms with van der Waals surface area (Å²) >= 11 is 1.75. The molecule has 0 aliphatic heterocycles. The summed E-state index contributed by atoms with van der Waals surface area (Å²) in [4.78, 5) is 18.8. The largest absolute Gasteiger partial charge is 0.376 e. The Hall–Kier alpha value is -2.40. The van der Waals surface area contributed by atoms with Gasteiger partial charge in [0.05, 0.1) is 26.6 Å². The molecule has 3 aromatic rings. The maximum absolute atomic E-state index is 12.2. The molecule has 5 heteroatoms. The van der Waals surface area contributed by atoms with Crippen LogP contribution in [0.5, 0.6) is 0 Å². The van der Waals surface area contributed by atoms with Crippen LogP contribution < -0.4 is 10.2 Å². The van der Waals surface area contributed by atoms with E-state index < -0.39 is 0 Å². The lowest BCUT2D eigenvalue weighted by molar-refractivity contribution is -0.116. The van der Waals surface area contributed by atoms with Gasteiger partial charge in [0.15, 0.2) is 0 Å². The van der Waals surface area contributed by atoms with Crippen molar-refractivity contribution in [3.8, 4) is 0 Å². The first-order chi connectivity index (χ1) is 12.1. The molecule has 0 bridgehead atoms. The van der Waals surface area contributed by atoms with Crippen LogP contribution in [0.15, 0.2) is 48.5 Å². The van der Waals surface area contributed by atoms with Crippen LogP contribution in [0.25, 0.3) is 10.2 Å². The number of nitrogens with one attached hydrogen (secondary N) is 1. The molecule has 0 aliphatic rings. The quantitative estimate of drug-likeness (QED) is 0.626. The number of aryl methyl sites for hydroxylation is 1. The molecule has 130 valence electrons. The third-order valence-electron chi connectivity index (χ3n) is 4.04. The summed E-state index contributed by atoms with van der Waals surface area (Å²) in [5.41, 5.74) is 2.95. The van der Waals surface area contributed by atoms with Gasteiger partial charge in [-0.2, -0.15) is 0 Å². The second-order valence-corrected chi connectivity index (χ2v) is 7.36. The molecule has 0 saturated heterocycles. The first-order valence-corrected chi connectivity index (χ1v) is 9.36. The number of fused-ring (bicyclic) bond motifs is 1. The number of para-hydroxylation sites is 3. The third-order valence-corrected chi connectivity index (χ3v) is 5.14. The number of benzene rings is 2. The lowest BCUT2D eigenvalue weighted by Gasteiger charge is -2.17. The van der Waals surface area contributed by atoms with Gasteiger partial charge in [0.25, 0.3) is 0 Å². The molecule has 2 aromatic carbocycles. The molecule has 0 fully saturated rings. The van der Waals surface area contributed by atoms with Crippen molar-refractivity contribution in [3.63, 3.8) is 0 Å². The van der Waals surface area contributed by atoms with Crippen LogP contribution in [-0.2, 0) is 11.2 Å². The zero-order valence-corrected chi connectivity index (χ0v) is 15.5. The Balaban J connectivity index is 1.47. The van der Waals surface area contributed by atoms with Gasteiger partial charge in [-0.25, -0.2) is 4.98 Å². The van der Waals surface area contributed by atoms with Gasteiger partial charge < -0.3 is 10.2 Å². The number of aromatic nitrogens is 1. The predicted molar refractivity (Wildman–Crippen MR) is 107 cm³/mol. The van der Waals surface area contributed by atoms with Crippen LogP contribution in [0.3, 0.4) is 0 Å². The minimum atomic E-state index is 0.0681. The van der Waals surface area contributed by atoms with Crippen molar-refractivity contribution >= 4 is 38.8 Å². The minimum absolute atomic E-state index is 0.0681. The first-order valence-electron chi connectivity index (χ1n) is 8.54. The molecule has 0 saturated carbocycles. The predicted octanol–water partition coefficient (Wildman–Crippen LogP) is 4.71. The summed E-state index contributed by atoms with van der Waals surface area (Å²) in [6, 6.07) is 16.1. The van der Waals surface area contributed by atoms with Crippen molar-refractivity contribution in [2.45, 2.75) is 25.7 Å². The van der Waals surface area contributed by atoms with Crippen LogP contribution in [0.2, 0.25) is 0 Å². The lowest BCUT2D eigenvalue weighted by atomic mass is 10.2. The van der Waals surface area contributed by atoms with Gasteiger partial charge in [0.1, 0.15) is 0 Å². The van der Waals surface area contributed by atoms with E-state index in [0.717, 1.165) is 41.2 Å². The van der Waals surface area contributed by atoms with E-state index in [0.29, 0.717) is 6.42 Å². The van der Waals surface area contributed by atoms with Crippen LogP contribution >= 0.6 is 11.3 Å². The summed E-state index contributed by atoms with van der Waals surface area (Å²) in [6.45, 7) is 0. The van der Waals surface area contributed by atoms with Crippen LogP contribution in [0, 0.1) is 0 Å². The average Bonchev–Trinajstić information content (AvgIpc) is 3.02. The Morgan fingerprint density at radius 1 is 1.08 bits per heavy atom. The molecular weight excluding hydrogens is 330 g/mol. The highest BCUT2D eigenvalue weighted by molar-refractivity contribution is 7.18. The molecule has 0 radical (unpaired) electrons. The van der Waals surface area contributed by atoms with Crippen molar-refractivity contribution < 1.29 is 4.79 Å². The number of hydrogen-bond acceptors (Lipinski definition) is 4. The molecule has 1 heterocycles. The molecule has 0 atom stereocenters. The fourth-order valence-electron chi connectivity index (χ4n) is 2.77. The highest BCUT2D eigenvalue weighted by Crippen LogP contribution is 2.24. The van der Waals surface area contributed by atoms with E-state index in [4.69, 9.17) is 0 Å². The van der Waals surface area contributed by atoms with Crippen molar-refractivity contribution in [2.24, 2.45) is 0 Å². The number of hydrogen-bond donors (Lipinski definition) is 1. The number of nitrogens with zero attached hydrogens (tertiary/aromatic N) is 2. The summed E-state index contributed by atoms with van der Waals surface area (Å²) in [5, 5.41) is 4.17. The van der Waals surface area contributed by atoms with E-state index in [1.54, 1.807) is 11.3 Å². The van der Waals surface area contributed by atoms with Gasteiger partial charge in [-0.1, -0.05) is 24.3 Å². The average molecular weight is 353 g/mol. The van der Waals surface area contributed by atoms with Gasteiger partial charge in [-0.3, -0.25) is 4.79 Å². The molecule has 0 aliphatic carbocycles. The van der Waals surface area contributed by atoms with E-state index in [1.807, 2.05) is 61.5 Å². The molecular formula is C20H23N3OS. The molecule has 0 spiro atoms. The normalized spacial score (nSPS) is 10.8. The SMILES string of the molecule is CN(C)c1ccccc1NC(=O)CCCCc1nc2ccccc2s1. The van der Waals surface area contributed by atoms with Gasteiger partial charge in [0, 0.05) is 20.5 Å². The molecule has 4 nitrogen and oxygen atoms in total. The van der Waals surface area contributed by atoms with Crippen LogP contribution in [0.4, 0.5) is 11.4 Å². The maximum Gasteiger partial charge on any atom is 0.224 e. The Kier molecular flexibility index (Phi) is 5.66. The molecule has 1 aromatic heterocycles. The molecule has 3 rings (SSSR count). The lowest BCUT2D eigenvalue weighted by Crippen LogP contribution is -2.16. The second-order valence-electron chi connectivity index (χ2n) is 6.24. The zero-order valence-electron chi connectivity index (χ0n) is 14.7. The Labute approximate surface area is 152 Å². The first kappa shape index (κ1) is 17.4. The van der Waals surface area contributed by atoms with Crippen LogP contribution in [-0.4, -0.2) is 25.0 Å². The molecule has 1 N–H and O–H groups in total. The number of amides is 1. The fourth-order valence-corrected chi connectivity index (χ4v) is 3.78. The Morgan fingerprint density at radius 3 is 2.64 bits per heavy atom. The van der Waals surface area contributed by atoms with Gasteiger partial charge >= 0.3 is 0 Å². The molecule has 0 unspecified atom stereocenters.